The van der Waals surface area contributed by atoms with Crippen molar-refractivity contribution in [1.82, 2.24) is 0 Å². The number of carboxylic acids is 1. The number of rotatable bonds is 1. The number of halogens is 2. The molecular weight excluding hydrogens is 278 g/mol. The SMILES string of the molecule is O=C(O)c1cc2c(s1)-c1c(F)cc(F)cc1SC2. The zero-order chi connectivity index (χ0) is 12.9. The summed E-state index contributed by atoms with van der Waals surface area (Å²) < 4.78 is 26.9. The lowest BCUT2D eigenvalue weighted by atomic mass is 10.1. The minimum atomic E-state index is -1.02. The molecule has 0 radical (unpaired) electrons. The number of carboxylic acid groups (broad SMARTS) is 1. The molecule has 0 saturated heterocycles. The molecular formula is C12H6F2O2S2. The van der Waals surface area contributed by atoms with Crippen molar-refractivity contribution >= 4 is 29.1 Å². The van der Waals surface area contributed by atoms with Crippen molar-refractivity contribution in [3.05, 3.63) is 40.3 Å². The third-order valence-electron chi connectivity index (χ3n) is 2.65. The van der Waals surface area contributed by atoms with Crippen molar-refractivity contribution in [1.29, 1.82) is 0 Å². The zero-order valence-corrected chi connectivity index (χ0v) is 10.5. The van der Waals surface area contributed by atoms with E-state index in [1.54, 1.807) is 6.07 Å². The predicted octanol–water partition coefficient (Wildman–Crippen LogP) is 4.00. The average Bonchev–Trinajstić information content (AvgIpc) is 2.71. The lowest BCUT2D eigenvalue weighted by molar-refractivity contribution is 0.0702. The number of aromatic carboxylic acids is 1. The van der Waals surface area contributed by atoms with Gasteiger partial charge in [0, 0.05) is 27.2 Å². The van der Waals surface area contributed by atoms with Crippen molar-refractivity contribution in [3.63, 3.8) is 0 Å². The van der Waals surface area contributed by atoms with Gasteiger partial charge in [0.05, 0.1) is 0 Å². The normalized spacial score (nSPS) is 13.0. The Balaban J connectivity index is 2.25. The Morgan fingerprint density at radius 2 is 2.06 bits per heavy atom. The van der Waals surface area contributed by atoms with Gasteiger partial charge in [-0.3, -0.25) is 0 Å². The summed E-state index contributed by atoms with van der Waals surface area (Å²) >= 11 is 2.35. The molecule has 0 bridgehead atoms. The van der Waals surface area contributed by atoms with E-state index >= 15 is 0 Å². The van der Waals surface area contributed by atoms with Crippen molar-refractivity contribution in [2.75, 3.05) is 0 Å². The maximum absolute atomic E-state index is 13.8. The molecule has 0 atom stereocenters. The van der Waals surface area contributed by atoms with E-state index in [0.717, 1.165) is 23.0 Å². The number of benzene rings is 1. The first-order chi connectivity index (χ1) is 8.56. The van der Waals surface area contributed by atoms with Gasteiger partial charge in [0.25, 0.3) is 0 Å². The van der Waals surface area contributed by atoms with Crippen LogP contribution in [0.3, 0.4) is 0 Å². The smallest absolute Gasteiger partial charge is 0.345 e. The van der Waals surface area contributed by atoms with E-state index in [1.165, 1.54) is 17.8 Å². The van der Waals surface area contributed by atoms with E-state index in [9.17, 15) is 13.6 Å². The summed E-state index contributed by atoms with van der Waals surface area (Å²) in [6.45, 7) is 0. The molecule has 0 aliphatic carbocycles. The van der Waals surface area contributed by atoms with Crippen LogP contribution in [0.4, 0.5) is 8.78 Å². The van der Waals surface area contributed by atoms with E-state index in [-0.39, 0.29) is 4.88 Å². The third-order valence-corrected chi connectivity index (χ3v) is 4.92. The van der Waals surface area contributed by atoms with Crippen LogP contribution in [-0.2, 0) is 5.75 Å². The molecule has 2 nitrogen and oxygen atoms in total. The third kappa shape index (κ3) is 1.72. The first kappa shape index (κ1) is 11.7. The van der Waals surface area contributed by atoms with Gasteiger partial charge in [0.1, 0.15) is 16.5 Å². The molecule has 1 aliphatic heterocycles. The molecule has 6 heteroatoms. The van der Waals surface area contributed by atoms with Gasteiger partial charge in [-0.1, -0.05) is 0 Å². The monoisotopic (exact) mass is 284 g/mol. The molecule has 0 spiro atoms. The highest BCUT2D eigenvalue weighted by molar-refractivity contribution is 7.98. The summed E-state index contributed by atoms with van der Waals surface area (Å²) in [5, 5.41) is 8.95. The van der Waals surface area contributed by atoms with E-state index in [0.29, 0.717) is 21.1 Å². The lowest BCUT2D eigenvalue weighted by Crippen LogP contribution is -1.96. The van der Waals surface area contributed by atoms with Gasteiger partial charge in [-0.15, -0.1) is 23.1 Å². The number of hydrogen-bond acceptors (Lipinski definition) is 3. The molecule has 0 fully saturated rings. The van der Waals surface area contributed by atoms with Crippen LogP contribution in [0.2, 0.25) is 0 Å². The summed E-state index contributed by atoms with van der Waals surface area (Å²) in [5.74, 6) is -1.74. The number of thioether (sulfide) groups is 1. The summed E-state index contributed by atoms with van der Waals surface area (Å²) in [6.07, 6.45) is 0. The summed E-state index contributed by atoms with van der Waals surface area (Å²) in [7, 11) is 0. The minimum absolute atomic E-state index is 0.178. The van der Waals surface area contributed by atoms with E-state index in [2.05, 4.69) is 0 Å². The Morgan fingerprint density at radius 3 is 2.78 bits per heavy atom. The second kappa shape index (κ2) is 4.07. The van der Waals surface area contributed by atoms with Crippen LogP contribution in [-0.4, -0.2) is 11.1 Å². The first-order valence-electron chi connectivity index (χ1n) is 5.04. The van der Waals surface area contributed by atoms with Crippen LogP contribution in [0.25, 0.3) is 10.4 Å². The maximum atomic E-state index is 13.8. The van der Waals surface area contributed by atoms with Gasteiger partial charge in [0.2, 0.25) is 0 Å². The Bertz CT molecular complexity index is 664. The standard InChI is InChI=1S/C12H6F2O2S2/c13-6-2-7(14)10-8(3-6)17-4-5-1-9(12(15)16)18-11(5)10/h1-3H,4H2,(H,15,16). The van der Waals surface area contributed by atoms with Crippen LogP contribution in [0, 0.1) is 11.6 Å². The highest BCUT2D eigenvalue weighted by atomic mass is 32.2. The van der Waals surface area contributed by atoms with Gasteiger partial charge in [-0.2, -0.15) is 0 Å². The molecule has 2 aromatic rings. The quantitative estimate of drug-likeness (QED) is 0.860. The van der Waals surface area contributed by atoms with Crippen molar-refractivity contribution in [2.24, 2.45) is 0 Å². The average molecular weight is 284 g/mol. The van der Waals surface area contributed by atoms with Crippen LogP contribution < -0.4 is 0 Å². The van der Waals surface area contributed by atoms with Crippen molar-refractivity contribution < 1.29 is 18.7 Å². The molecule has 0 saturated carbocycles. The molecule has 1 aliphatic rings. The lowest BCUT2D eigenvalue weighted by Gasteiger charge is -2.16. The van der Waals surface area contributed by atoms with Crippen molar-refractivity contribution in [3.8, 4) is 10.4 Å². The van der Waals surface area contributed by atoms with Crippen LogP contribution in [0.5, 0.6) is 0 Å². The fraction of sp³-hybridized carbons (Fsp3) is 0.0833. The van der Waals surface area contributed by atoms with Gasteiger partial charge in [0.15, 0.2) is 0 Å². The summed E-state index contributed by atoms with van der Waals surface area (Å²) in [5.41, 5.74) is 1.11. The molecule has 1 aromatic heterocycles. The molecule has 2 heterocycles. The fourth-order valence-electron chi connectivity index (χ4n) is 1.89. The van der Waals surface area contributed by atoms with E-state index < -0.39 is 17.6 Å². The molecule has 18 heavy (non-hydrogen) atoms. The van der Waals surface area contributed by atoms with E-state index in [4.69, 9.17) is 5.11 Å². The highest BCUT2D eigenvalue weighted by Crippen LogP contribution is 2.47. The largest absolute Gasteiger partial charge is 0.477 e. The number of thiophene rings is 1. The molecule has 92 valence electrons. The molecule has 0 unspecified atom stereocenters. The van der Waals surface area contributed by atoms with Crippen molar-refractivity contribution in [2.45, 2.75) is 10.6 Å². The van der Waals surface area contributed by atoms with Crippen LogP contribution in [0.1, 0.15) is 15.2 Å². The Hall–Kier alpha value is -1.40. The molecule has 3 rings (SSSR count). The number of carbonyl (C=O) groups is 1. The Morgan fingerprint density at radius 1 is 1.28 bits per heavy atom. The second-order valence-corrected chi connectivity index (χ2v) is 5.89. The Labute approximate surface area is 109 Å². The predicted molar refractivity (Wildman–Crippen MR) is 66.2 cm³/mol. The van der Waals surface area contributed by atoms with Gasteiger partial charge < -0.3 is 5.11 Å². The zero-order valence-electron chi connectivity index (χ0n) is 8.87. The van der Waals surface area contributed by atoms with Crippen LogP contribution in [0.15, 0.2) is 23.1 Å². The van der Waals surface area contributed by atoms with Crippen LogP contribution >= 0.6 is 23.1 Å². The summed E-state index contributed by atoms with van der Waals surface area (Å²) in [6, 6.07) is 3.67. The number of fused-ring (bicyclic) bond motifs is 3. The maximum Gasteiger partial charge on any atom is 0.345 e. The van der Waals surface area contributed by atoms with Gasteiger partial charge in [-0.05, 0) is 17.7 Å². The molecule has 1 aromatic carbocycles. The van der Waals surface area contributed by atoms with Gasteiger partial charge >= 0.3 is 5.97 Å². The number of hydrogen-bond donors (Lipinski definition) is 1. The Kier molecular flexibility index (Phi) is 2.64. The summed E-state index contributed by atoms with van der Waals surface area (Å²) in [4.78, 5) is 12.2. The fourth-order valence-corrected chi connectivity index (χ4v) is 4.21. The molecule has 1 N–H and O–H groups in total. The first-order valence-corrected chi connectivity index (χ1v) is 6.84. The molecule has 0 amide bonds. The van der Waals surface area contributed by atoms with Gasteiger partial charge in [-0.25, -0.2) is 13.6 Å². The highest BCUT2D eigenvalue weighted by Gasteiger charge is 2.25. The van der Waals surface area contributed by atoms with E-state index in [1.807, 2.05) is 0 Å². The second-order valence-electron chi connectivity index (χ2n) is 3.82. The topological polar surface area (TPSA) is 37.3 Å². The minimum Gasteiger partial charge on any atom is -0.477 e.